The van der Waals surface area contributed by atoms with Gasteiger partial charge in [0.1, 0.15) is 6.23 Å². The van der Waals surface area contributed by atoms with Gasteiger partial charge in [0.2, 0.25) is 0 Å². The van der Waals surface area contributed by atoms with E-state index >= 15 is 0 Å². The molecule has 0 bridgehead atoms. The molecular formula is C19H18ClNO2. The first-order chi connectivity index (χ1) is 11.2. The molecule has 1 saturated heterocycles. The molecule has 2 aromatic carbocycles. The Morgan fingerprint density at radius 1 is 1.22 bits per heavy atom. The zero-order valence-electron chi connectivity index (χ0n) is 12.7. The Morgan fingerprint density at radius 2 is 2.04 bits per heavy atom. The van der Waals surface area contributed by atoms with Crippen molar-refractivity contribution >= 4 is 17.4 Å². The Labute approximate surface area is 140 Å². The molecule has 2 aromatic rings. The van der Waals surface area contributed by atoms with Crippen LogP contribution < -0.4 is 0 Å². The number of nitrogens with zero attached hydrogens (tertiary/aromatic N) is 1. The molecule has 0 N–H and O–H groups in total. The van der Waals surface area contributed by atoms with Gasteiger partial charge in [-0.3, -0.25) is 9.69 Å². The molecule has 3 nitrogen and oxygen atoms in total. The van der Waals surface area contributed by atoms with Crippen molar-refractivity contribution in [3.05, 3.63) is 70.2 Å². The highest BCUT2D eigenvalue weighted by molar-refractivity contribution is 6.30. The van der Waals surface area contributed by atoms with Crippen molar-refractivity contribution in [3.8, 4) is 0 Å². The number of carbonyl (C=O) groups is 1. The number of rotatable bonds is 3. The fourth-order valence-electron chi connectivity index (χ4n) is 3.57. The van der Waals surface area contributed by atoms with E-state index in [0.29, 0.717) is 13.0 Å². The van der Waals surface area contributed by atoms with Gasteiger partial charge < -0.3 is 4.74 Å². The van der Waals surface area contributed by atoms with E-state index in [-0.39, 0.29) is 18.1 Å². The minimum absolute atomic E-state index is 0.0374. The zero-order chi connectivity index (χ0) is 15.8. The molecule has 0 aromatic heterocycles. The largest absolute Gasteiger partial charge is 0.357 e. The molecule has 2 aliphatic heterocycles. The highest BCUT2D eigenvalue weighted by Crippen LogP contribution is 2.38. The standard InChI is InChI=1S/C19H18ClNO2/c20-15-6-7-17-14(10-15)8-9-21-16(12-23-19(17)21)11-18(22)13-4-2-1-3-5-13/h1-7,10,16,19H,8-9,11-12H2/t16-,19+/m1/s1. The summed E-state index contributed by atoms with van der Waals surface area (Å²) in [6.45, 7) is 1.51. The smallest absolute Gasteiger partial charge is 0.164 e. The summed E-state index contributed by atoms with van der Waals surface area (Å²) in [5.41, 5.74) is 3.23. The predicted molar refractivity (Wildman–Crippen MR) is 89.7 cm³/mol. The predicted octanol–water partition coefficient (Wildman–Crippen LogP) is 3.87. The number of ether oxygens (including phenoxy) is 1. The van der Waals surface area contributed by atoms with Gasteiger partial charge in [0, 0.05) is 29.6 Å². The fourth-order valence-corrected chi connectivity index (χ4v) is 3.76. The van der Waals surface area contributed by atoms with Gasteiger partial charge >= 0.3 is 0 Å². The molecule has 0 radical (unpaired) electrons. The lowest BCUT2D eigenvalue weighted by Crippen LogP contribution is -2.39. The molecule has 0 spiro atoms. The van der Waals surface area contributed by atoms with E-state index in [1.807, 2.05) is 42.5 Å². The van der Waals surface area contributed by atoms with Crippen molar-refractivity contribution < 1.29 is 9.53 Å². The van der Waals surface area contributed by atoms with Crippen LogP contribution in [0.5, 0.6) is 0 Å². The first-order valence-corrected chi connectivity index (χ1v) is 8.34. The summed E-state index contributed by atoms with van der Waals surface area (Å²) in [5.74, 6) is 0.182. The van der Waals surface area contributed by atoms with Crippen LogP contribution in [0.25, 0.3) is 0 Å². The molecule has 118 valence electrons. The average molecular weight is 328 g/mol. The van der Waals surface area contributed by atoms with Crippen molar-refractivity contribution in [1.29, 1.82) is 0 Å². The van der Waals surface area contributed by atoms with Crippen LogP contribution in [0.3, 0.4) is 0 Å². The number of hydrogen-bond donors (Lipinski definition) is 0. The van der Waals surface area contributed by atoms with Gasteiger partial charge in [-0.05, 0) is 29.7 Å². The number of Topliss-reactive ketones (excluding diaryl/α,β-unsaturated/α-hetero) is 1. The van der Waals surface area contributed by atoms with Gasteiger partial charge in [0.05, 0.1) is 6.61 Å². The highest BCUT2D eigenvalue weighted by Gasteiger charge is 2.39. The van der Waals surface area contributed by atoms with Crippen molar-refractivity contribution in [2.24, 2.45) is 0 Å². The third-order valence-corrected chi connectivity index (χ3v) is 4.98. The number of benzene rings is 2. The van der Waals surface area contributed by atoms with E-state index in [9.17, 15) is 4.79 Å². The first kappa shape index (κ1) is 14.9. The van der Waals surface area contributed by atoms with E-state index in [1.54, 1.807) is 0 Å². The van der Waals surface area contributed by atoms with Crippen LogP contribution in [0, 0.1) is 0 Å². The van der Waals surface area contributed by atoms with Crippen molar-refractivity contribution in [1.82, 2.24) is 4.90 Å². The van der Waals surface area contributed by atoms with Crippen LogP contribution in [0.15, 0.2) is 48.5 Å². The Hall–Kier alpha value is -1.68. The van der Waals surface area contributed by atoms with Gasteiger partial charge in [0.15, 0.2) is 5.78 Å². The number of carbonyl (C=O) groups excluding carboxylic acids is 1. The summed E-state index contributed by atoms with van der Waals surface area (Å²) in [5, 5.41) is 0.769. The van der Waals surface area contributed by atoms with Crippen molar-refractivity contribution in [3.63, 3.8) is 0 Å². The summed E-state index contributed by atoms with van der Waals surface area (Å²) in [4.78, 5) is 14.8. The highest BCUT2D eigenvalue weighted by atomic mass is 35.5. The van der Waals surface area contributed by atoms with Crippen LogP contribution in [-0.4, -0.2) is 29.9 Å². The molecule has 2 aliphatic rings. The Kier molecular flexibility index (Phi) is 3.93. The topological polar surface area (TPSA) is 29.5 Å². The van der Waals surface area contributed by atoms with Crippen LogP contribution in [0.4, 0.5) is 0 Å². The summed E-state index contributed by atoms with van der Waals surface area (Å²) < 4.78 is 6.00. The number of halogens is 1. The molecule has 0 aliphatic carbocycles. The molecule has 4 heteroatoms. The van der Waals surface area contributed by atoms with E-state index in [2.05, 4.69) is 11.0 Å². The maximum Gasteiger partial charge on any atom is 0.164 e. The SMILES string of the molecule is O=C(C[C@@H]1CO[C@H]2c3ccc(Cl)cc3CCN12)c1ccccc1. The lowest BCUT2D eigenvalue weighted by Gasteiger charge is -2.33. The van der Waals surface area contributed by atoms with Crippen LogP contribution in [-0.2, 0) is 11.2 Å². The molecule has 2 atom stereocenters. The van der Waals surface area contributed by atoms with E-state index in [4.69, 9.17) is 16.3 Å². The van der Waals surface area contributed by atoms with Gasteiger partial charge in [-0.25, -0.2) is 0 Å². The monoisotopic (exact) mass is 327 g/mol. The van der Waals surface area contributed by atoms with Gasteiger partial charge in [-0.2, -0.15) is 0 Å². The Balaban J connectivity index is 1.52. The lowest BCUT2D eigenvalue weighted by atomic mass is 9.96. The number of fused-ring (bicyclic) bond motifs is 3. The molecule has 23 heavy (non-hydrogen) atoms. The second-order valence-electron chi connectivity index (χ2n) is 6.16. The second kappa shape index (κ2) is 6.08. The molecule has 0 saturated carbocycles. The van der Waals surface area contributed by atoms with Crippen LogP contribution in [0.2, 0.25) is 5.02 Å². The maximum atomic E-state index is 12.5. The van der Waals surface area contributed by atoms with Gasteiger partial charge in [-0.15, -0.1) is 0 Å². The molecule has 4 rings (SSSR count). The van der Waals surface area contributed by atoms with Gasteiger partial charge in [0.25, 0.3) is 0 Å². The number of ketones is 1. The molecule has 0 amide bonds. The first-order valence-electron chi connectivity index (χ1n) is 7.96. The summed E-state index contributed by atoms with van der Waals surface area (Å²) in [6.07, 6.45) is 1.42. The van der Waals surface area contributed by atoms with Crippen LogP contribution in [0.1, 0.15) is 34.1 Å². The minimum atomic E-state index is -0.0374. The Bertz CT molecular complexity index is 731. The molecular weight excluding hydrogens is 310 g/mol. The van der Waals surface area contributed by atoms with Crippen LogP contribution >= 0.6 is 11.6 Å². The quantitative estimate of drug-likeness (QED) is 0.801. The van der Waals surface area contributed by atoms with Crippen molar-refractivity contribution in [2.75, 3.05) is 13.2 Å². The summed E-state index contributed by atoms with van der Waals surface area (Å²) in [7, 11) is 0. The maximum absolute atomic E-state index is 12.5. The summed E-state index contributed by atoms with van der Waals surface area (Å²) in [6, 6.07) is 15.6. The average Bonchev–Trinajstić information content (AvgIpc) is 2.98. The minimum Gasteiger partial charge on any atom is -0.357 e. The normalized spacial score (nSPS) is 23.3. The molecule has 2 heterocycles. The molecule has 1 fully saturated rings. The summed E-state index contributed by atoms with van der Waals surface area (Å²) >= 11 is 6.09. The van der Waals surface area contributed by atoms with Crippen molar-refractivity contribution in [2.45, 2.75) is 25.1 Å². The number of hydrogen-bond acceptors (Lipinski definition) is 3. The zero-order valence-corrected chi connectivity index (χ0v) is 13.5. The third-order valence-electron chi connectivity index (χ3n) is 4.74. The second-order valence-corrected chi connectivity index (χ2v) is 6.60. The molecule has 0 unspecified atom stereocenters. The van der Waals surface area contributed by atoms with E-state index in [0.717, 1.165) is 23.6 Å². The third kappa shape index (κ3) is 2.80. The lowest BCUT2D eigenvalue weighted by molar-refractivity contribution is 0.0216. The van der Waals surface area contributed by atoms with Gasteiger partial charge in [-0.1, -0.05) is 48.0 Å². The van der Waals surface area contributed by atoms with E-state index in [1.165, 1.54) is 11.1 Å². The Morgan fingerprint density at radius 3 is 2.87 bits per heavy atom. The fraction of sp³-hybridized carbons (Fsp3) is 0.316. The van der Waals surface area contributed by atoms with E-state index < -0.39 is 0 Å².